The average Bonchev–Trinajstić information content (AvgIpc) is 2.57. The maximum absolute atomic E-state index is 10.0. The number of aliphatic hydroxyl groups is 3. The van der Waals surface area contributed by atoms with E-state index >= 15 is 0 Å². The van der Waals surface area contributed by atoms with Crippen molar-refractivity contribution in [2.24, 2.45) is 28.6 Å². The zero-order chi connectivity index (χ0) is 13.1. The van der Waals surface area contributed by atoms with Crippen molar-refractivity contribution in [2.75, 3.05) is 13.2 Å². The molecular weight excluding hydrogens is 228 g/mol. The number of fused-ring (bicyclic) bond motifs is 2. The second-order valence-electron chi connectivity index (χ2n) is 6.97. The van der Waals surface area contributed by atoms with Gasteiger partial charge in [-0.3, -0.25) is 0 Å². The summed E-state index contributed by atoms with van der Waals surface area (Å²) in [7, 11) is 0. The van der Waals surface area contributed by atoms with Crippen LogP contribution in [0.1, 0.15) is 32.6 Å². The van der Waals surface area contributed by atoms with E-state index in [1.54, 1.807) is 0 Å². The van der Waals surface area contributed by atoms with Crippen LogP contribution in [0, 0.1) is 28.6 Å². The topological polar surface area (TPSA) is 60.7 Å². The monoisotopic (exact) mass is 252 g/mol. The fourth-order valence-electron chi connectivity index (χ4n) is 5.36. The van der Waals surface area contributed by atoms with E-state index < -0.39 is 0 Å². The first-order chi connectivity index (χ1) is 8.50. The van der Waals surface area contributed by atoms with Gasteiger partial charge in [0.25, 0.3) is 0 Å². The van der Waals surface area contributed by atoms with Gasteiger partial charge in [0.2, 0.25) is 0 Å². The molecule has 0 aliphatic heterocycles. The van der Waals surface area contributed by atoms with E-state index in [0.29, 0.717) is 11.8 Å². The van der Waals surface area contributed by atoms with Crippen LogP contribution in [0.2, 0.25) is 0 Å². The Labute approximate surface area is 109 Å². The molecule has 3 nitrogen and oxygen atoms in total. The molecule has 0 aromatic rings. The van der Waals surface area contributed by atoms with Gasteiger partial charge in [-0.1, -0.05) is 19.9 Å². The summed E-state index contributed by atoms with van der Waals surface area (Å²) in [6.45, 7) is 6.52. The van der Waals surface area contributed by atoms with Crippen LogP contribution in [0.3, 0.4) is 0 Å². The Morgan fingerprint density at radius 1 is 1.28 bits per heavy atom. The van der Waals surface area contributed by atoms with Gasteiger partial charge in [0.1, 0.15) is 0 Å². The molecule has 0 radical (unpaired) electrons. The first-order valence-electron chi connectivity index (χ1n) is 7.08. The van der Waals surface area contributed by atoms with E-state index in [0.717, 1.165) is 31.3 Å². The molecule has 3 heteroatoms. The van der Waals surface area contributed by atoms with Crippen molar-refractivity contribution >= 4 is 0 Å². The third-order valence-corrected chi connectivity index (χ3v) is 6.38. The Balaban J connectivity index is 2.03. The van der Waals surface area contributed by atoms with Gasteiger partial charge in [0.05, 0.1) is 19.3 Å². The van der Waals surface area contributed by atoms with Crippen molar-refractivity contribution in [3.8, 4) is 0 Å². The maximum atomic E-state index is 10.0. The standard InChI is InChI=1S/C15H24O3/c1-9-11(18)6-10-13-12(9)14(10,2)4-3-5-15(13,7-16)8-17/h10-13,16-18H,1,3-8H2,2H3. The van der Waals surface area contributed by atoms with Crippen molar-refractivity contribution in [1.29, 1.82) is 0 Å². The lowest BCUT2D eigenvalue weighted by molar-refractivity contribution is -0.200. The zero-order valence-corrected chi connectivity index (χ0v) is 11.1. The molecule has 0 saturated heterocycles. The van der Waals surface area contributed by atoms with Crippen molar-refractivity contribution in [3.63, 3.8) is 0 Å². The molecule has 0 aromatic heterocycles. The smallest absolute Gasteiger partial charge is 0.0753 e. The Kier molecular flexibility index (Phi) is 2.68. The Bertz CT molecular complexity index is 374. The number of hydrogen-bond donors (Lipinski definition) is 3. The number of aliphatic hydroxyl groups excluding tert-OH is 3. The molecule has 5 atom stereocenters. The van der Waals surface area contributed by atoms with Crippen LogP contribution >= 0.6 is 0 Å². The van der Waals surface area contributed by atoms with Crippen molar-refractivity contribution in [3.05, 3.63) is 12.2 Å². The fourth-order valence-corrected chi connectivity index (χ4v) is 5.36. The van der Waals surface area contributed by atoms with Gasteiger partial charge in [0, 0.05) is 5.41 Å². The highest BCUT2D eigenvalue weighted by Gasteiger charge is 2.69. The van der Waals surface area contributed by atoms with Crippen LogP contribution < -0.4 is 0 Å². The normalized spacial score (nSPS) is 49.4. The van der Waals surface area contributed by atoms with E-state index in [1.165, 1.54) is 0 Å². The second kappa shape index (κ2) is 3.81. The summed E-state index contributed by atoms with van der Waals surface area (Å²) >= 11 is 0. The second-order valence-corrected chi connectivity index (χ2v) is 6.97. The van der Waals surface area contributed by atoms with Crippen LogP contribution in [0.5, 0.6) is 0 Å². The van der Waals surface area contributed by atoms with Crippen LogP contribution in [0.4, 0.5) is 0 Å². The van der Waals surface area contributed by atoms with Gasteiger partial charge in [-0.2, -0.15) is 0 Å². The molecule has 0 amide bonds. The van der Waals surface area contributed by atoms with E-state index in [4.69, 9.17) is 0 Å². The SMILES string of the molecule is C=C1C(O)CC2C3C1C2(C)CCCC3(CO)CO. The van der Waals surface area contributed by atoms with Crippen molar-refractivity contribution in [2.45, 2.75) is 38.7 Å². The summed E-state index contributed by atoms with van der Waals surface area (Å²) < 4.78 is 0. The Hall–Kier alpha value is -0.380. The van der Waals surface area contributed by atoms with Gasteiger partial charge in [-0.15, -0.1) is 0 Å². The molecule has 3 N–H and O–H groups in total. The molecule has 0 aromatic carbocycles. The number of rotatable bonds is 2. The minimum atomic E-state index is -0.377. The first-order valence-corrected chi connectivity index (χ1v) is 7.08. The van der Waals surface area contributed by atoms with Crippen LogP contribution in [0.15, 0.2) is 12.2 Å². The lowest BCUT2D eigenvalue weighted by Crippen LogP contribution is -2.66. The van der Waals surface area contributed by atoms with E-state index in [1.807, 2.05) is 0 Å². The minimum Gasteiger partial charge on any atom is -0.396 e. The van der Waals surface area contributed by atoms with E-state index in [-0.39, 0.29) is 36.1 Å². The average molecular weight is 252 g/mol. The van der Waals surface area contributed by atoms with E-state index in [9.17, 15) is 15.3 Å². The lowest BCUT2D eigenvalue weighted by Gasteiger charge is -2.68. The molecule has 18 heavy (non-hydrogen) atoms. The summed E-state index contributed by atoms with van der Waals surface area (Å²) in [5.41, 5.74) is 0.833. The van der Waals surface area contributed by atoms with Gasteiger partial charge < -0.3 is 15.3 Å². The van der Waals surface area contributed by atoms with Crippen LogP contribution in [-0.4, -0.2) is 34.6 Å². The highest BCUT2D eigenvalue weighted by Crippen LogP contribution is 2.73. The van der Waals surface area contributed by atoms with Crippen LogP contribution in [0.25, 0.3) is 0 Å². The molecule has 4 aliphatic rings. The first kappa shape index (κ1) is 12.6. The third kappa shape index (κ3) is 1.25. The highest BCUT2D eigenvalue weighted by molar-refractivity contribution is 5.30. The third-order valence-electron chi connectivity index (χ3n) is 6.38. The lowest BCUT2D eigenvalue weighted by atomic mass is 9.36. The summed E-state index contributed by atoms with van der Waals surface area (Å²) in [5, 5.41) is 29.6. The molecule has 4 fully saturated rings. The van der Waals surface area contributed by atoms with E-state index in [2.05, 4.69) is 13.5 Å². The number of hydrogen-bond acceptors (Lipinski definition) is 3. The summed E-state index contributed by atoms with van der Waals surface area (Å²) in [6.07, 6.45) is 3.48. The molecule has 5 unspecified atom stereocenters. The molecule has 4 bridgehead atoms. The predicted molar refractivity (Wildman–Crippen MR) is 68.8 cm³/mol. The molecule has 0 heterocycles. The molecule has 4 saturated carbocycles. The Morgan fingerprint density at radius 3 is 2.50 bits per heavy atom. The molecular formula is C15H24O3. The molecule has 102 valence electrons. The Morgan fingerprint density at radius 2 is 1.94 bits per heavy atom. The largest absolute Gasteiger partial charge is 0.396 e. The van der Waals surface area contributed by atoms with Gasteiger partial charge >= 0.3 is 0 Å². The maximum Gasteiger partial charge on any atom is 0.0753 e. The molecule has 4 rings (SSSR count). The van der Waals surface area contributed by atoms with Crippen LogP contribution in [-0.2, 0) is 0 Å². The zero-order valence-electron chi connectivity index (χ0n) is 11.1. The molecule has 4 aliphatic carbocycles. The minimum absolute atomic E-state index is 0.0562. The highest BCUT2D eigenvalue weighted by atomic mass is 16.3. The van der Waals surface area contributed by atoms with Crippen molar-refractivity contribution in [1.82, 2.24) is 0 Å². The summed E-state index contributed by atoms with van der Waals surface area (Å²) in [6, 6.07) is 0. The van der Waals surface area contributed by atoms with Gasteiger partial charge in [-0.05, 0) is 48.0 Å². The molecule has 0 spiro atoms. The van der Waals surface area contributed by atoms with Gasteiger partial charge in [-0.25, -0.2) is 0 Å². The fraction of sp³-hybridized carbons (Fsp3) is 0.867. The summed E-state index contributed by atoms with van der Waals surface area (Å²) in [5.74, 6) is 1.04. The van der Waals surface area contributed by atoms with Gasteiger partial charge in [0.15, 0.2) is 0 Å². The quantitative estimate of drug-likeness (QED) is 0.650. The summed E-state index contributed by atoms with van der Waals surface area (Å²) in [4.78, 5) is 0. The van der Waals surface area contributed by atoms with Crippen molar-refractivity contribution < 1.29 is 15.3 Å². The predicted octanol–water partition coefficient (Wildman–Crippen LogP) is 1.33.